The number of aromatic nitrogens is 4. The Morgan fingerprint density at radius 1 is 1.09 bits per heavy atom. The van der Waals surface area contributed by atoms with Gasteiger partial charge in [0.25, 0.3) is 0 Å². The average molecular weight is 476 g/mol. The summed E-state index contributed by atoms with van der Waals surface area (Å²) < 4.78 is 28.9. The molecule has 10 nitrogen and oxygen atoms in total. The first-order valence-electron chi connectivity index (χ1n) is 10.9. The van der Waals surface area contributed by atoms with Crippen molar-refractivity contribution in [1.82, 2.24) is 19.5 Å². The molecule has 0 saturated carbocycles. The summed E-state index contributed by atoms with van der Waals surface area (Å²) in [5, 5.41) is 0. The summed E-state index contributed by atoms with van der Waals surface area (Å²) in [6.45, 7) is 0.0973. The van der Waals surface area contributed by atoms with Crippen LogP contribution < -0.4 is 19.9 Å². The molecule has 1 aliphatic heterocycles. The number of rotatable bonds is 8. The van der Waals surface area contributed by atoms with Crippen LogP contribution in [-0.2, 0) is 15.9 Å². The van der Waals surface area contributed by atoms with Crippen molar-refractivity contribution in [2.24, 2.45) is 0 Å². The molecule has 0 bridgehead atoms. The van der Waals surface area contributed by atoms with Crippen molar-refractivity contribution in [3.63, 3.8) is 0 Å². The maximum Gasteiger partial charge on any atom is 0.329 e. The average Bonchev–Trinajstić information content (AvgIpc) is 3.54. The van der Waals surface area contributed by atoms with E-state index < -0.39 is 6.04 Å². The number of hydrogen-bond donors (Lipinski definition) is 1. The normalized spacial score (nSPS) is 13.6. The molecule has 1 unspecified atom stereocenters. The van der Waals surface area contributed by atoms with Gasteiger partial charge in [-0.05, 0) is 17.7 Å². The van der Waals surface area contributed by atoms with E-state index in [-0.39, 0.29) is 12.5 Å². The van der Waals surface area contributed by atoms with E-state index in [1.807, 2.05) is 30.3 Å². The Kier molecular flexibility index (Phi) is 6.01. The topological polar surface area (TPSA) is 110 Å². The fraction of sp³-hybridized carbons (Fsp3) is 0.240. The zero-order chi connectivity index (χ0) is 24.4. The molecule has 1 atom stereocenters. The molecule has 10 heteroatoms. The van der Waals surface area contributed by atoms with Crippen LogP contribution in [0.15, 0.2) is 65.5 Å². The minimum atomic E-state index is -0.481. The van der Waals surface area contributed by atoms with Crippen molar-refractivity contribution in [2.75, 3.05) is 28.1 Å². The van der Waals surface area contributed by atoms with Gasteiger partial charge in [-0.25, -0.2) is 14.8 Å². The van der Waals surface area contributed by atoms with Crippen LogP contribution in [-0.4, -0.2) is 47.6 Å². The Balaban J connectivity index is 1.65. The summed E-state index contributed by atoms with van der Waals surface area (Å²) in [5.74, 6) is 1.98. The molecule has 2 aromatic carbocycles. The fourth-order valence-electron chi connectivity index (χ4n) is 4.13. The van der Waals surface area contributed by atoms with Gasteiger partial charge in [0, 0.05) is 12.0 Å². The van der Waals surface area contributed by atoms with E-state index in [9.17, 15) is 4.79 Å². The first-order valence-corrected chi connectivity index (χ1v) is 10.9. The van der Waals surface area contributed by atoms with Crippen molar-refractivity contribution in [3.05, 3.63) is 76.7 Å². The van der Waals surface area contributed by atoms with E-state index >= 15 is 0 Å². The third-order valence-electron chi connectivity index (χ3n) is 5.79. The summed E-state index contributed by atoms with van der Waals surface area (Å²) in [6, 6.07) is 12.9. The van der Waals surface area contributed by atoms with Gasteiger partial charge in [-0.1, -0.05) is 30.3 Å². The number of benzene rings is 2. The van der Waals surface area contributed by atoms with Crippen molar-refractivity contribution in [1.29, 1.82) is 0 Å². The maximum atomic E-state index is 13.1. The second kappa shape index (κ2) is 9.41. The Bertz CT molecular complexity index is 1420. The number of nitrogens with one attached hydrogen (secondary N) is 1. The SMILES string of the molecule is COc1cc(-c2cnc3[nH]c(=O)n(C(Cc4ccccc4)C4=COCO4)c3n2)cc(OC)c1OC. The molecule has 0 fully saturated rings. The van der Waals surface area contributed by atoms with E-state index in [0.717, 1.165) is 5.56 Å². The second-order valence-electron chi connectivity index (χ2n) is 7.80. The zero-order valence-corrected chi connectivity index (χ0v) is 19.5. The van der Waals surface area contributed by atoms with Crippen LogP contribution in [0.3, 0.4) is 0 Å². The lowest BCUT2D eigenvalue weighted by atomic mass is 10.0. The van der Waals surface area contributed by atoms with Gasteiger partial charge in [-0.15, -0.1) is 0 Å². The summed E-state index contributed by atoms with van der Waals surface area (Å²) in [4.78, 5) is 25.2. The number of aromatic amines is 1. The van der Waals surface area contributed by atoms with E-state index in [1.54, 1.807) is 44.2 Å². The van der Waals surface area contributed by atoms with Crippen LogP contribution in [0.25, 0.3) is 22.6 Å². The molecule has 180 valence electrons. The molecular weight excluding hydrogens is 452 g/mol. The molecule has 0 radical (unpaired) electrons. The van der Waals surface area contributed by atoms with E-state index in [2.05, 4.69) is 9.97 Å². The molecule has 35 heavy (non-hydrogen) atoms. The smallest absolute Gasteiger partial charge is 0.329 e. The molecule has 2 aromatic heterocycles. The highest BCUT2D eigenvalue weighted by atomic mass is 16.7. The predicted octanol–water partition coefficient (Wildman–Crippen LogP) is 3.44. The molecular formula is C25H24N4O6. The summed E-state index contributed by atoms with van der Waals surface area (Å²) in [5.41, 5.74) is 2.65. The minimum Gasteiger partial charge on any atom is -0.493 e. The van der Waals surface area contributed by atoms with Crippen LogP contribution in [0.5, 0.6) is 17.2 Å². The van der Waals surface area contributed by atoms with Gasteiger partial charge in [0.15, 0.2) is 28.6 Å². The van der Waals surface area contributed by atoms with Gasteiger partial charge in [0.05, 0.1) is 33.2 Å². The maximum absolute atomic E-state index is 13.1. The molecule has 5 rings (SSSR count). The largest absolute Gasteiger partial charge is 0.493 e. The first-order chi connectivity index (χ1) is 17.1. The minimum absolute atomic E-state index is 0.0973. The van der Waals surface area contributed by atoms with Gasteiger partial charge in [0.2, 0.25) is 12.5 Å². The zero-order valence-electron chi connectivity index (χ0n) is 19.5. The summed E-state index contributed by atoms with van der Waals surface area (Å²) >= 11 is 0. The standard InChI is InChI=1S/C25H24N4O6/c1-31-19-10-16(11-20(32-2)22(19)33-3)17-12-26-23-24(27-17)29(25(30)28-23)18(21-13-34-14-35-21)9-15-7-5-4-6-8-15/h4-8,10-13,18H,9,14H2,1-3H3,(H,26,28,30). The molecule has 1 N–H and O–H groups in total. The lowest BCUT2D eigenvalue weighted by Gasteiger charge is -2.18. The van der Waals surface area contributed by atoms with E-state index in [0.29, 0.717) is 52.0 Å². The van der Waals surface area contributed by atoms with Gasteiger partial charge in [-0.3, -0.25) is 9.55 Å². The van der Waals surface area contributed by atoms with Crippen LogP contribution in [0.4, 0.5) is 0 Å². The van der Waals surface area contributed by atoms with E-state index in [1.165, 1.54) is 6.26 Å². The van der Waals surface area contributed by atoms with E-state index in [4.69, 9.17) is 28.7 Å². The molecule has 4 aromatic rings. The Morgan fingerprint density at radius 3 is 2.46 bits per heavy atom. The highest BCUT2D eigenvalue weighted by Crippen LogP contribution is 2.41. The molecule has 0 amide bonds. The molecule has 3 heterocycles. The third kappa shape index (κ3) is 4.14. The van der Waals surface area contributed by atoms with Gasteiger partial charge in [-0.2, -0.15) is 0 Å². The second-order valence-corrected chi connectivity index (χ2v) is 7.80. The first kappa shape index (κ1) is 22.3. The number of methoxy groups -OCH3 is 3. The van der Waals surface area contributed by atoms with Crippen LogP contribution >= 0.6 is 0 Å². The predicted molar refractivity (Wildman–Crippen MR) is 128 cm³/mol. The Morgan fingerprint density at radius 2 is 1.83 bits per heavy atom. The molecule has 0 aliphatic carbocycles. The lowest BCUT2D eigenvalue weighted by Crippen LogP contribution is -2.26. The molecule has 0 saturated heterocycles. The monoisotopic (exact) mass is 476 g/mol. The van der Waals surface area contributed by atoms with Crippen LogP contribution in [0.2, 0.25) is 0 Å². The Hall–Kier alpha value is -4.47. The van der Waals surface area contributed by atoms with Crippen LogP contribution in [0.1, 0.15) is 11.6 Å². The van der Waals surface area contributed by atoms with Crippen molar-refractivity contribution in [3.8, 4) is 28.5 Å². The molecule has 1 aliphatic rings. The van der Waals surface area contributed by atoms with Gasteiger partial charge < -0.3 is 23.7 Å². The molecule has 0 spiro atoms. The summed E-state index contributed by atoms with van der Waals surface area (Å²) in [6.07, 6.45) is 3.62. The number of ether oxygens (including phenoxy) is 5. The number of nitrogens with zero attached hydrogens (tertiary/aromatic N) is 3. The number of H-pyrrole nitrogens is 1. The number of fused-ring (bicyclic) bond motifs is 1. The van der Waals surface area contributed by atoms with Gasteiger partial charge >= 0.3 is 5.69 Å². The van der Waals surface area contributed by atoms with Crippen molar-refractivity contribution in [2.45, 2.75) is 12.5 Å². The number of imidazole rings is 1. The van der Waals surface area contributed by atoms with Crippen molar-refractivity contribution < 1.29 is 23.7 Å². The number of allylic oxidation sites excluding steroid dienone is 1. The lowest BCUT2D eigenvalue weighted by molar-refractivity contribution is 0.0712. The Labute approximate surface area is 200 Å². The third-order valence-corrected chi connectivity index (χ3v) is 5.79. The van der Waals surface area contributed by atoms with Crippen molar-refractivity contribution >= 4 is 11.3 Å². The highest BCUT2D eigenvalue weighted by Gasteiger charge is 2.27. The quantitative estimate of drug-likeness (QED) is 0.412. The summed E-state index contributed by atoms with van der Waals surface area (Å²) in [7, 11) is 4.64. The fourth-order valence-corrected chi connectivity index (χ4v) is 4.13. The highest BCUT2D eigenvalue weighted by molar-refractivity contribution is 5.74. The van der Waals surface area contributed by atoms with Crippen LogP contribution in [0, 0.1) is 0 Å². The van der Waals surface area contributed by atoms with Gasteiger partial charge in [0.1, 0.15) is 12.3 Å². The number of hydrogen-bond acceptors (Lipinski definition) is 8.